The summed E-state index contributed by atoms with van der Waals surface area (Å²) in [6.07, 6.45) is 0. The van der Waals surface area contributed by atoms with Gasteiger partial charge in [-0.2, -0.15) is 11.8 Å². The number of nitrogens with one attached hydrogen (secondary N) is 1. The Labute approximate surface area is 102 Å². The van der Waals surface area contributed by atoms with Crippen LogP contribution in [0.4, 0.5) is 4.39 Å². The lowest BCUT2D eigenvalue weighted by molar-refractivity contribution is 0.560. The summed E-state index contributed by atoms with van der Waals surface area (Å²) in [7, 11) is 0. The average Bonchev–Trinajstić information content (AvgIpc) is 2.23. The van der Waals surface area contributed by atoms with E-state index in [1.54, 1.807) is 0 Å². The third-order valence-corrected chi connectivity index (χ3v) is 4.41. The number of halogens is 2. The lowest BCUT2D eigenvalue weighted by atomic mass is 10.1. The van der Waals surface area contributed by atoms with Crippen LogP contribution in [0.25, 0.3) is 0 Å². The van der Waals surface area contributed by atoms with E-state index in [1.807, 2.05) is 23.9 Å². The van der Waals surface area contributed by atoms with Gasteiger partial charge in [-0.1, -0.05) is 13.0 Å². The first-order valence-corrected chi connectivity index (χ1v) is 6.81. The van der Waals surface area contributed by atoms with Gasteiger partial charge in [0, 0.05) is 23.6 Å². The Kier molecular flexibility index (Phi) is 3.69. The second kappa shape index (κ2) is 4.85. The van der Waals surface area contributed by atoms with Gasteiger partial charge >= 0.3 is 0 Å². The Morgan fingerprint density at radius 1 is 1.53 bits per heavy atom. The van der Waals surface area contributed by atoms with Crippen LogP contribution in [-0.2, 0) is 0 Å². The van der Waals surface area contributed by atoms with E-state index < -0.39 is 0 Å². The van der Waals surface area contributed by atoms with Crippen LogP contribution in [0.15, 0.2) is 22.7 Å². The third-order valence-electron chi connectivity index (χ3n) is 2.55. The van der Waals surface area contributed by atoms with Crippen molar-refractivity contribution >= 4 is 27.7 Å². The van der Waals surface area contributed by atoms with E-state index in [1.165, 1.54) is 6.07 Å². The van der Waals surface area contributed by atoms with Gasteiger partial charge in [0.25, 0.3) is 0 Å². The van der Waals surface area contributed by atoms with E-state index in [2.05, 4.69) is 28.2 Å². The summed E-state index contributed by atoms with van der Waals surface area (Å²) in [5, 5.41) is 4.14. The summed E-state index contributed by atoms with van der Waals surface area (Å²) in [5.74, 6) is 0.856. The van der Waals surface area contributed by atoms with E-state index >= 15 is 0 Å². The van der Waals surface area contributed by atoms with Gasteiger partial charge in [0.15, 0.2) is 0 Å². The molecule has 1 aromatic carbocycles. The van der Waals surface area contributed by atoms with Crippen LogP contribution in [0.2, 0.25) is 0 Å². The van der Waals surface area contributed by atoms with Crippen molar-refractivity contribution in [2.24, 2.45) is 0 Å². The maximum atomic E-state index is 13.1. The molecule has 2 rings (SSSR count). The van der Waals surface area contributed by atoms with Gasteiger partial charge in [0.05, 0.1) is 4.47 Å². The van der Waals surface area contributed by atoms with E-state index in [9.17, 15) is 4.39 Å². The molecular formula is C11H13BrFNS. The maximum Gasteiger partial charge on any atom is 0.137 e. The fraction of sp³-hybridized carbons (Fsp3) is 0.455. The standard InChI is InChI=1S/C11H13BrFNS/c1-7-5-14-11(6-15-7)8-2-3-10(13)9(12)4-8/h2-4,7,11,14H,5-6H2,1H3. The summed E-state index contributed by atoms with van der Waals surface area (Å²) in [4.78, 5) is 0. The van der Waals surface area contributed by atoms with Gasteiger partial charge in [-0.15, -0.1) is 0 Å². The molecule has 82 valence electrons. The minimum absolute atomic E-state index is 0.199. The molecule has 2 unspecified atom stereocenters. The molecule has 1 aromatic rings. The zero-order valence-electron chi connectivity index (χ0n) is 8.47. The summed E-state index contributed by atoms with van der Waals surface area (Å²) < 4.78 is 13.6. The van der Waals surface area contributed by atoms with Crippen molar-refractivity contribution in [3.05, 3.63) is 34.1 Å². The number of hydrogen-bond acceptors (Lipinski definition) is 2. The van der Waals surface area contributed by atoms with E-state index in [0.717, 1.165) is 17.9 Å². The van der Waals surface area contributed by atoms with E-state index in [4.69, 9.17) is 0 Å². The molecule has 1 nitrogen and oxygen atoms in total. The summed E-state index contributed by atoms with van der Waals surface area (Å²) >= 11 is 5.17. The first-order valence-electron chi connectivity index (χ1n) is 4.97. The van der Waals surface area contributed by atoms with Crippen molar-refractivity contribution in [1.29, 1.82) is 0 Å². The molecule has 0 saturated carbocycles. The van der Waals surface area contributed by atoms with Crippen molar-refractivity contribution in [2.45, 2.75) is 18.2 Å². The number of rotatable bonds is 1. The lowest BCUT2D eigenvalue weighted by Crippen LogP contribution is -2.34. The second-order valence-corrected chi connectivity index (χ2v) is 6.10. The van der Waals surface area contributed by atoms with Crippen molar-refractivity contribution < 1.29 is 4.39 Å². The van der Waals surface area contributed by atoms with Crippen LogP contribution in [-0.4, -0.2) is 17.5 Å². The smallest absolute Gasteiger partial charge is 0.137 e. The van der Waals surface area contributed by atoms with Crippen molar-refractivity contribution in [2.75, 3.05) is 12.3 Å². The Morgan fingerprint density at radius 3 is 2.93 bits per heavy atom. The number of thioether (sulfide) groups is 1. The van der Waals surface area contributed by atoms with Gasteiger partial charge in [0.1, 0.15) is 5.82 Å². The fourth-order valence-electron chi connectivity index (χ4n) is 1.63. The Balaban J connectivity index is 2.12. The Bertz CT molecular complexity index is 350. The van der Waals surface area contributed by atoms with Crippen LogP contribution < -0.4 is 5.32 Å². The lowest BCUT2D eigenvalue weighted by Gasteiger charge is -2.27. The molecule has 0 spiro atoms. The average molecular weight is 290 g/mol. The van der Waals surface area contributed by atoms with Crippen molar-refractivity contribution in [3.8, 4) is 0 Å². The zero-order chi connectivity index (χ0) is 10.8. The van der Waals surface area contributed by atoms with Crippen LogP contribution in [0, 0.1) is 5.82 Å². The van der Waals surface area contributed by atoms with E-state index in [0.29, 0.717) is 15.8 Å². The first kappa shape index (κ1) is 11.4. The van der Waals surface area contributed by atoms with Crippen LogP contribution >= 0.6 is 27.7 Å². The molecule has 1 saturated heterocycles. The normalized spacial score (nSPS) is 26.6. The highest BCUT2D eigenvalue weighted by Gasteiger charge is 2.19. The molecule has 1 fully saturated rings. The van der Waals surface area contributed by atoms with Crippen LogP contribution in [0.1, 0.15) is 18.5 Å². The maximum absolute atomic E-state index is 13.1. The molecule has 0 bridgehead atoms. The summed E-state index contributed by atoms with van der Waals surface area (Å²) in [6, 6.07) is 5.59. The molecule has 4 heteroatoms. The fourth-order valence-corrected chi connectivity index (χ4v) is 3.07. The van der Waals surface area contributed by atoms with Gasteiger partial charge in [-0.3, -0.25) is 0 Å². The van der Waals surface area contributed by atoms with E-state index in [-0.39, 0.29) is 5.82 Å². The molecule has 1 aliphatic rings. The largest absolute Gasteiger partial charge is 0.308 e. The highest BCUT2D eigenvalue weighted by Crippen LogP contribution is 2.28. The number of benzene rings is 1. The molecule has 2 atom stereocenters. The molecule has 0 aromatic heterocycles. The molecule has 1 heterocycles. The second-order valence-electron chi connectivity index (χ2n) is 3.78. The van der Waals surface area contributed by atoms with Gasteiger partial charge in [0.2, 0.25) is 0 Å². The predicted octanol–water partition coefficient (Wildman–Crippen LogP) is 3.35. The number of hydrogen-bond donors (Lipinski definition) is 1. The predicted molar refractivity (Wildman–Crippen MR) is 66.8 cm³/mol. The minimum atomic E-state index is -0.199. The third kappa shape index (κ3) is 2.74. The summed E-state index contributed by atoms with van der Waals surface area (Å²) in [5.41, 5.74) is 1.16. The molecule has 15 heavy (non-hydrogen) atoms. The van der Waals surface area contributed by atoms with Crippen molar-refractivity contribution in [1.82, 2.24) is 5.32 Å². The minimum Gasteiger partial charge on any atom is -0.308 e. The molecule has 0 aliphatic carbocycles. The molecular weight excluding hydrogens is 277 g/mol. The highest BCUT2D eigenvalue weighted by atomic mass is 79.9. The van der Waals surface area contributed by atoms with Gasteiger partial charge < -0.3 is 5.32 Å². The molecule has 0 amide bonds. The first-order chi connectivity index (χ1) is 7.16. The topological polar surface area (TPSA) is 12.0 Å². The Hall–Kier alpha value is -0.0600. The van der Waals surface area contributed by atoms with Crippen molar-refractivity contribution in [3.63, 3.8) is 0 Å². The highest BCUT2D eigenvalue weighted by molar-refractivity contribution is 9.10. The quantitative estimate of drug-likeness (QED) is 0.851. The zero-order valence-corrected chi connectivity index (χ0v) is 10.9. The van der Waals surface area contributed by atoms with Gasteiger partial charge in [-0.25, -0.2) is 4.39 Å². The SMILES string of the molecule is CC1CNC(c2ccc(F)c(Br)c2)CS1. The molecule has 0 radical (unpaired) electrons. The van der Waals surface area contributed by atoms with Crippen LogP contribution in [0.5, 0.6) is 0 Å². The Morgan fingerprint density at radius 2 is 2.33 bits per heavy atom. The molecule has 1 aliphatic heterocycles. The van der Waals surface area contributed by atoms with Gasteiger partial charge in [-0.05, 0) is 33.6 Å². The molecule has 1 N–H and O–H groups in total. The monoisotopic (exact) mass is 289 g/mol. The summed E-state index contributed by atoms with van der Waals surface area (Å²) in [6.45, 7) is 3.23. The van der Waals surface area contributed by atoms with Crippen LogP contribution in [0.3, 0.4) is 0 Å².